The van der Waals surface area contributed by atoms with Gasteiger partial charge in [0.15, 0.2) is 6.29 Å². The second-order valence-electron chi connectivity index (χ2n) is 2.14. The molecule has 0 aromatic carbocycles. The normalized spacial score (nSPS) is 14.3. The van der Waals surface area contributed by atoms with Gasteiger partial charge in [-0.25, -0.2) is 0 Å². The molecule has 0 aliphatic carbocycles. The standard InChI is InChI=1S/C6H14O3/c1-2-3-5(4-7)6(8)9/h5-9H,2-4H2,1H3. The van der Waals surface area contributed by atoms with E-state index in [1.54, 1.807) is 0 Å². The first-order valence-corrected chi connectivity index (χ1v) is 3.19. The molecule has 3 N–H and O–H groups in total. The van der Waals surface area contributed by atoms with E-state index >= 15 is 0 Å². The second kappa shape index (κ2) is 4.73. The molecule has 1 unspecified atom stereocenters. The molecule has 0 radical (unpaired) electrons. The minimum absolute atomic E-state index is 0.147. The van der Waals surface area contributed by atoms with Crippen molar-refractivity contribution < 1.29 is 15.3 Å². The molecule has 0 aromatic rings. The average Bonchev–Trinajstić information content (AvgIpc) is 1.82. The highest BCUT2D eigenvalue weighted by atomic mass is 16.5. The topological polar surface area (TPSA) is 60.7 Å². The maximum absolute atomic E-state index is 8.54. The van der Waals surface area contributed by atoms with Crippen LogP contribution in [0.25, 0.3) is 0 Å². The molecule has 0 saturated heterocycles. The van der Waals surface area contributed by atoms with Crippen molar-refractivity contribution in [3.8, 4) is 0 Å². The molecule has 0 aliphatic rings. The van der Waals surface area contributed by atoms with Crippen molar-refractivity contribution in [2.24, 2.45) is 5.92 Å². The number of aliphatic hydroxyl groups excluding tert-OH is 2. The van der Waals surface area contributed by atoms with Crippen LogP contribution in [0.3, 0.4) is 0 Å². The van der Waals surface area contributed by atoms with Crippen LogP contribution in [0.1, 0.15) is 19.8 Å². The minimum Gasteiger partial charge on any atom is -0.396 e. The molecule has 3 heteroatoms. The van der Waals surface area contributed by atoms with Gasteiger partial charge in [-0.2, -0.15) is 0 Å². The van der Waals surface area contributed by atoms with Gasteiger partial charge in [0, 0.05) is 5.92 Å². The zero-order valence-corrected chi connectivity index (χ0v) is 5.62. The van der Waals surface area contributed by atoms with Crippen molar-refractivity contribution in [2.45, 2.75) is 26.1 Å². The van der Waals surface area contributed by atoms with E-state index in [1.165, 1.54) is 0 Å². The zero-order valence-electron chi connectivity index (χ0n) is 5.62. The predicted octanol–water partition coefficient (Wildman–Crippen LogP) is -0.294. The maximum atomic E-state index is 8.54. The van der Waals surface area contributed by atoms with Gasteiger partial charge in [-0.3, -0.25) is 0 Å². The summed E-state index contributed by atoms with van der Waals surface area (Å²) >= 11 is 0. The third kappa shape index (κ3) is 3.46. The summed E-state index contributed by atoms with van der Waals surface area (Å²) in [5, 5.41) is 25.6. The first kappa shape index (κ1) is 8.88. The lowest BCUT2D eigenvalue weighted by atomic mass is 10.1. The Bertz CT molecular complexity index is 63.3. The Morgan fingerprint density at radius 3 is 2.00 bits per heavy atom. The van der Waals surface area contributed by atoms with Crippen LogP contribution in [0.5, 0.6) is 0 Å². The van der Waals surface area contributed by atoms with Gasteiger partial charge in [0.25, 0.3) is 0 Å². The molecule has 0 rings (SSSR count). The van der Waals surface area contributed by atoms with Crippen LogP contribution in [-0.4, -0.2) is 28.2 Å². The van der Waals surface area contributed by atoms with E-state index in [9.17, 15) is 0 Å². The summed E-state index contributed by atoms with van der Waals surface area (Å²) in [4.78, 5) is 0. The summed E-state index contributed by atoms with van der Waals surface area (Å²) in [5.41, 5.74) is 0. The number of hydrogen-bond donors (Lipinski definition) is 3. The van der Waals surface area contributed by atoms with Gasteiger partial charge in [0.05, 0.1) is 6.61 Å². The predicted molar refractivity (Wildman–Crippen MR) is 33.7 cm³/mol. The molecule has 0 aliphatic heterocycles. The zero-order chi connectivity index (χ0) is 7.28. The summed E-state index contributed by atoms with van der Waals surface area (Å²) in [7, 11) is 0. The van der Waals surface area contributed by atoms with E-state index in [-0.39, 0.29) is 12.5 Å². The van der Waals surface area contributed by atoms with Gasteiger partial charge >= 0.3 is 0 Å². The van der Waals surface area contributed by atoms with Crippen molar-refractivity contribution in [1.82, 2.24) is 0 Å². The third-order valence-electron chi connectivity index (χ3n) is 1.32. The fraction of sp³-hybridized carbons (Fsp3) is 1.00. The van der Waals surface area contributed by atoms with Crippen LogP contribution in [0.2, 0.25) is 0 Å². The summed E-state index contributed by atoms with van der Waals surface area (Å²) in [6.07, 6.45) is 0.159. The minimum atomic E-state index is -1.37. The lowest BCUT2D eigenvalue weighted by Crippen LogP contribution is -2.22. The maximum Gasteiger partial charge on any atom is 0.156 e. The summed E-state index contributed by atoms with van der Waals surface area (Å²) in [6.45, 7) is 1.79. The van der Waals surface area contributed by atoms with E-state index in [0.29, 0.717) is 6.42 Å². The SMILES string of the molecule is CCCC(CO)C(O)O. The number of hydrogen-bond acceptors (Lipinski definition) is 3. The van der Waals surface area contributed by atoms with E-state index in [0.717, 1.165) is 6.42 Å². The van der Waals surface area contributed by atoms with Crippen molar-refractivity contribution in [2.75, 3.05) is 6.61 Å². The van der Waals surface area contributed by atoms with E-state index < -0.39 is 6.29 Å². The first-order valence-electron chi connectivity index (χ1n) is 3.19. The Balaban J connectivity index is 3.41. The smallest absolute Gasteiger partial charge is 0.156 e. The molecule has 0 saturated carbocycles. The highest BCUT2D eigenvalue weighted by Crippen LogP contribution is 2.07. The molecule has 3 nitrogen and oxygen atoms in total. The monoisotopic (exact) mass is 134 g/mol. The van der Waals surface area contributed by atoms with Crippen LogP contribution >= 0.6 is 0 Å². The summed E-state index contributed by atoms with van der Waals surface area (Å²) < 4.78 is 0. The average molecular weight is 134 g/mol. The molecule has 9 heavy (non-hydrogen) atoms. The van der Waals surface area contributed by atoms with Gasteiger partial charge in [-0.1, -0.05) is 13.3 Å². The number of aliphatic hydroxyl groups is 3. The second-order valence-corrected chi connectivity index (χ2v) is 2.14. The summed E-state index contributed by atoms with van der Waals surface area (Å²) in [5.74, 6) is -0.366. The lowest BCUT2D eigenvalue weighted by Gasteiger charge is -2.13. The van der Waals surface area contributed by atoms with Crippen LogP contribution in [0.15, 0.2) is 0 Å². The molecule has 1 atom stereocenters. The van der Waals surface area contributed by atoms with Crippen molar-refractivity contribution in [1.29, 1.82) is 0 Å². The Labute approximate surface area is 54.9 Å². The van der Waals surface area contributed by atoms with Crippen molar-refractivity contribution in [3.05, 3.63) is 0 Å². The van der Waals surface area contributed by atoms with Gasteiger partial charge < -0.3 is 15.3 Å². The molecule has 56 valence electrons. The lowest BCUT2D eigenvalue weighted by molar-refractivity contribution is -0.0985. The number of rotatable bonds is 4. The molecule has 0 spiro atoms. The molecule has 0 amide bonds. The van der Waals surface area contributed by atoms with Crippen LogP contribution in [0, 0.1) is 5.92 Å². The molecule has 0 aromatic heterocycles. The van der Waals surface area contributed by atoms with E-state index in [4.69, 9.17) is 15.3 Å². The fourth-order valence-corrected chi connectivity index (χ4v) is 0.705. The molecule has 0 bridgehead atoms. The van der Waals surface area contributed by atoms with Crippen LogP contribution < -0.4 is 0 Å². The molecule has 0 heterocycles. The Morgan fingerprint density at radius 1 is 1.33 bits per heavy atom. The Morgan fingerprint density at radius 2 is 1.89 bits per heavy atom. The van der Waals surface area contributed by atoms with Gasteiger partial charge in [-0.15, -0.1) is 0 Å². The van der Waals surface area contributed by atoms with Gasteiger partial charge in [-0.05, 0) is 6.42 Å². The first-order chi connectivity index (χ1) is 4.22. The quantitative estimate of drug-likeness (QED) is 0.463. The summed E-state index contributed by atoms with van der Waals surface area (Å²) in [6, 6.07) is 0. The highest BCUT2D eigenvalue weighted by Gasteiger charge is 2.13. The molecular weight excluding hydrogens is 120 g/mol. The van der Waals surface area contributed by atoms with E-state index in [2.05, 4.69) is 0 Å². The van der Waals surface area contributed by atoms with Crippen molar-refractivity contribution >= 4 is 0 Å². The van der Waals surface area contributed by atoms with Crippen LogP contribution in [0.4, 0.5) is 0 Å². The van der Waals surface area contributed by atoms with Gasteiger partial charge in [0.1, 0.15) is 0 Å². The van der Waals surface area contributed by atoms with E-state index in [1.807, 2.05) is 6.92 Å². The highest BCUT2D eigenvalue weighted by molar-refractivity contribution is 4.56. The fourth-order valence-electron chi connectivity index (χ4n) is 0.705. The van der Waals surface area contributed by atoms with Crippen molar-refractivity contribution in [3.63, 3.8) is 0 Å². The molecular formula is C6H14O3. The third-order valence-corrected chi connectivity index (χ3v) is 1.32. The largest absolute Gasteiger partial charge is 0.396 e. The Hall–Kier alpha value is -0.120. The van der Waals surface area contributed by atoms with Crippen LogP contribution in [-0.2, 0) is 0 Å². The molecule has 0 fully saturated rings. The Kier molecular flexibility index (Phi) is 4.67. The van der Waals surface area contributed by atoms with Gasteiger partial charge in [0.2, 0.25) is 0 Å².